The quantitative estimate of drug-likeness (QED) is 0.315. The number of rotatable bonds is 5. The van der Waals surface area contributed by atoms with E-state index in [1.54, 1.807) is 0 Å². The molecule has 9 unspecified atom stereocenters. The van der Waals surface area contributed by atoms with E-state index in [0.717, 1.165) is 29.6 Å². The van der Waals surface area contributed by atoms with Gasteiger partial charge in [0.2, 0.25) is 0 Å². The second-order valence-corrected chi connectivity index (χ2v) is 16.9. The zero-order valence-corrected chi connectivity index (χ0v) is 28.7. The van der Waals surface area contributed by atoms with Crippen molar-refractivity contribution < 1.29 is 4.74 Å². The molecule has 0 amide bonds. The predicted octanol–water partition coefficient (Wildman–Crippen LogP) is 11.8. The Kier molecular flexibility index (Phi) is 10.1. The lowest BCUT2D eigenvalue weighted by atomic mass is 9.38. The van der Waals surface area contributed by atoms with Crippen LogP contribution in [0.15, 0.2) is 23.8 Å². The van der Waals surface area contributed by atoms with Crippen molar-refractivity contribution in [1.82, 2.24) is 0 Å². The van der Waals surface area contributed by atoms with Gasteiger partial charge in [-0.3, -0.25) is 0 Å². The molecule has 0 aromatic rings. The predicted molar refractivity (Wildman–Crippen MR) is 172 cm³/mol. The van der Waals surface area contributed by atoms with Crippen LogP contribution in [0.25, 0.3) is 0 Å². The Bertz CT molecular complexity index is 864. The lowest BCUT2D eigenvalue weighted by molar-refractivity contribution is -0.224. The third kappa shape index (κ3) is 6.15. The van der Waals surface area contributed by atoms with Crippen molar-refractivity contribution in [2.24, 2.45) is 51.2 Å². The first-order valence-corrected chi connectivity index (χ1v) is 16.9. The first kappa shape index (κ1) is 32.9. The molecule has 4 saturated carbocycles. The van der Waals surface area contributed by atoms with Crippen LogP contribution in [-0.4, -0.2) is 11.7 Å². The zero-order chi connectivity index (χ0) is 29.4. The molecule has 0 spiro atoms. The van der Waals surface area contributed by atoms with Crippen molar-refractivity contribution in [3.63, 3.8) is 0 Å². The number of ether oxygens (including phenoxy) is 1. The fraction of sp³-hybridized carbons (Fsp3) is 0.895. The summed E-state index contributed by atoms with van der Waals surface area (Å²) in [6.45, 7) is 31.2. The highest BCUT2D eigenvalue weighted by Gasteiger charge is 2.67. The molecule has 0 radical (unpaired) electrons. The second kappa shape index (κ2) is 12.0. The van der Waals surface area contributed by atoms with Gasteiger partial charge in [0.1, 0.15) is 0 Å². The van der Waals surface area contributed by atoms with E-state index in [0.29, 0.717) is 22.3 Å². The summed E-state index contributed by atoms with van der Waals surface area (Å²) in [7, 11) is 0. The van der Waals surface area contributed by atoms with E-state index in [1.165, 1.54) is 69.8 Å². The Balaban J connectivity index is 0.000000983. The first-order valence-electron chi connectivity index (χ1n) is 16.9. The smallest absolute Gasteiger partial charge is 0.0636 e. The van der Waals surface area contributed by atoms with Crippen LogP contribution in [0, 0.1) is 51.2 Å². The summed E-state index contributed by atoms with van der Waals surface area (Å²) in [5.41, 5.74) is 3.25. The summed E-state index contributed by atoms with van der Waals surface area (Å²) in [5, 5.41) is 0. The maximum absolute atomic E-state index is 6.71. The topological polar surface area (TPSA) is 9.23 Å². The number of hydrogen-bond donors (Lipinski definition) is 0. The highest BCUT2D eigenvalue weighted by atomic mass is 16.5. The monoisotopic (exact) mass is 541 g/mol. The summed E-state index contributed by atoms with van der Waals surface area (Å²) < 4.78 is 6.71. The molecule has 4 rings (SSSR count). The van der Waals surface area contributed by atoms with Gasteiger partial charge in [-0.25, -0.2) is 0 Å². The Hall–Kier alpha value is -0.560. The zero-order valence-electron chi connectivity index (χ0n) is 28.7. The molecular formula is C38H68O. The van der Waals surface area contributed by atoms with E-state index < -0.39 is 0 Å². The molecule has 0 saturated heterocycles. The van der Waals surface area contributed by atoms with Gasteiger partial charge < -0.3 is 4.74 Å². The van der Waals surface area contributed by atoms with Crippen LogP contribution < -0.4 is 0 Å². The van der Waals surface area contributed by atoms with Crippen LogP contribution in [0.4, 0.5) is 0 Å². The van der Waals surface area contributed by atoms with Gasteiger partial charge in [-0.15, -0.1) is 0 Å². The molecule has 1 nitrogen and oxygen atoms in total. The van der Waals surface area contributed by atoms with Gasteiger partial charge in [0.25, 0.3) is 0 Å². The van der Waals surface area contributed by atoms with Gasteiger partial charge in [0.05, 0.1) is 11.7 Å². The molecular weight excluding hydrogens is 472 g/mol. The van der Waals surface area contributed by atoms with E-state index in [9.17, 15) is 0 Å². The van der Waals surface area contributed by atoms with Gasteiger partial charge >= 0.3 is 0 Å². The number of hydrogen-bond acceptors (Lipinski definition) is 1. The Morgan fingerprint density at radius 3 is 2.00 bits per heavy atom. The Morgan fingerprint density at radius 2 is 1.44 bits per heavy atom. The van der Waals surface area contributed by atoms with Crippen molar-refractivity contribution in [2.75, 3.05) is 0 Å². The number of allylic oxidation sites excluding steroid dienone is 4. The molecule has 9 atom stereocenters. The molecule has 1 heteroatoms. The third-order valence-electron chi connectivity index (χ3n) is 13.1. The van der Waals surface area contributed by atoms with E-state index in [4.69, 9.17) is 4.74 Å². The molecule has 4 fully saturated rings. The highest BCUT2D eigenvalue weighted by molar-refractivity contribution is 5.16. The largest absolute Gasteiger partial charge is 0.372 e. The number of fused-ring (bicyclic) bond motifs is 5. The van der Waals surface area contributed by atoms with Crippen LogP contribution in [-0.2, 0) is 4.74 Å². The molecule has 4 aliphatic carbocycles. The molecule has 0 bridgehead atoms. The van der Waals surface area contributed by atoms with Crippen LogP contribution in [0.5, 0.6) is 0 Å². The molecule has 0 aromatic heterocycles. The van der Waals surface area contributed by atoms with Crippen LogP contribution in [0.2, 0.25) is 0 Å². The van der Waals surface area contributed by atoms with Crippen molar-refractivity contribution in [3.8, 4) is 0 Å². The fourth-order valence-corrected chi connectivity index (χ4v) is 10.9. The summed E-state index contributed by atoms with van der Waals surface area (Å²) in [5.74, 6) is 4.40. The van der Waals surface area contributed by atoms with Gasteiger partial charge in [0.15, 0.2) is 0 Å². The van der Waals surface area contributed by atoms with E-state index in [1.807, 2.05) is 26.0 Å². The minimum atomic E-state index is -0.0474. The van der Waals surface area contributed by atoms with Crippen LogP contribution in [0.3, 0.4) is 0 Å². The summed E-state index contributed by atoms with van der Waals surface area (Å²) >= 11 is 0. The minimum Gasteiger partial charge on any atom is -0.372 e. The molecule has 39 heavy (non-hydrogen) atoms. The minimum absolute atomic E-state index is 0.0474. The lowest BCUT2D eigenvalue weighted by Crippen LogP contribution is -2.62. The van der Waals surface area contributed by atoms with Gasteiger partial charge in [-0.05, 0) is 164 Å². The maximum Gasteiger partial charge on any atom is 0.0636 e. The van der Waals surface area contributed by atoms with Crippen molar-refractivity contribution in [3.05, 3.63) is 23.8 Å². The molecule has 226 valence electrons. The second-order valence-electron chi connectivity index (χ2n) is 16.9. The Labute approximate surface area is 245 Å². The third-order valence-corrected chi connectivity index (χ3v) is 13.1. The van der Waals surface area contributed by atoms with Crippen LogP contribution >= 0.6 is 0 Å². The van der Waals surface area contributed by atoms with Crippen LogP contribution in [0.1, 0.15) is 154 Å². The molecule has 0 aromatic carbocycles. The Morgan fingerprint density at radius 1 is 0.821 bits per heavy atom. The highest BCUT2D eigenvalue weighted by Crippen LogP contribution is 2.74. The van der Waals surface area contributed by atoms with Crippen molar-refractivity contribution >= 4 is 0 Å². The molecule has 0 N–H and O–H groups in total. The average Bonchev–Trinajstić information content (AvgIpc) is 3.11. The first-order chi connectivity index (χ1) is 18.0. The van der Waals surface area contributed by atoms with Crippen molar-refractivity contribution in [2.45, 2.75) is 166 Å². The summed E-state index contributed by atoms with van der Waals surface area (Å²) in [6.07, 6.45) is 20.9. The standard InChI is InChI=1S/C34H60O.C4H8/c1-23(2)13-12-14-24(3)25-17-21-34(11)27-15-16-28-31(7,8)29(35-30(4,5)6)19-20-32(28,9)26(27)18-22-33(25,34)10;1-3-4-2/h13,24-29H,12,14-22H2,1-11H3;3-4H,1-2H3/b;4-3-. The van der Waals surface area contributed by atoms with Crippen molar-refractivity contribution in [1.29, 1.82) is 0 Å². The van der Waals surface area contributed by atoms with E-state index in [-0.39, 0.29) is 11.0 Å². The molecule has 4 aliphatic rings. The van der Waals surface area contributed by atoms with Gasteiger partial charge in [0, 0.05) is 0 Å². The lowest BCUT2D eigenvalue weighted by Gasteiger charge is -2.68. The average molecular weight is 541 g/mol. The maximum atomic E-state index is 6.71. The summed E-state index contributed by atoms with van der Waals surface area (Å²) in [6, 6.07) is 0. The van der Waals surface area contributed by atoms with Gasteiger partial charge in [-0.1, -0.05) is 65.3 Å². The van der Waals surface area contributed by atoms with E-state index >= 15 is 0 Å². The molecule has 0 aliphatic heterocycles. The van der Waals surface area contributed by atoms with Gasteiger partial charge in [-0.2, -0.15) is 0 Å². The fourth-order valence-electron chi connectivity index (χ4n) is 10.9. The normalized spacial score (nSPS) is 42.0. The summed E-state index contributed by atoms with van der Waals surface area (Å²) in [4.78, 5) is 0. The van der Waals surface area contributed by atoms with E-state index in [2.05, 4.69) is 82.2 Å². The molecule has 0 heterocycles. The SMILES string of the molecule is C/C=C\C.CC(C)=CCCC(C)C1CCC2(C)C3CCC4C(C)(C)C(OC(C)(C)C)CCC4(C)C3CCC12C.